The van der Waals surface area contributed by atoms with Gasteiger partial charge in [0.25, 0.3) is 0 Å². The SMILES string of the molecule is COC(=O)/C=C/c1c(C#N)cnn1-c1c(F)c(F)c(C(F)(F)F)c(F)c1F. The Morgan fingerprint density at radius 2 is 1.74 bits per heavy atom. The van der Waals surface area contributed by atoms with Gasteiger partial charge in [-0.1, -0.05) is 0 Å². The van der Waals surface area contributed by atoms with Crippen molar-refractivity contribution in [2.24, 2.45) is 0 Å². The number of carbonyl (C=O) groups excluding carboxylic acids is 1. The Morgan fingerprint density at radius 1 is 1.19 bits per heavy atom. The van der Waals surface area contributed by atoms with Crippen LogP contribution in [0, 0.1) is 34.6 Å². The monoisotopic (exact) mass is 393 g/mol. The van der Waals surface area contributed by atoms with Crippen LogP contribution in [0.15, 0.2) is 12.3 Å². The molecule has 27 heavy (non-hydrogen) atoms. The van der Waals surface area contributed by atoms with E-state index in [-0.39, 0.29) is 4.68 Å². The molecule has 0 saturated carbocycles. The number of alkyl halides is 3. The van der Waals surface area contributed by atoms with E-state index in [0.717, 1.165) is 19.4 Å². The lowest BCUT2D eigenvalue weighted by Crippen LogP contribution is -2.18. The van der Waals surface area contributed by atoms with E-state index in [1.54, 1.807) is 0 Å². The molecular weight excluding hydrogens is 387 g/mol. The Kier molecular flexibility index (Phi) is 5.25. The zero-order chi connectivity index (χ0) is 20.5. The molecule has 0 atom stereocenters. The molecule has 0 N–H and O–H groups in total. The number of ether oxygens (including phenoxy) is 1. The third kappa shape index (κ3) is 3.48. The van der Waals surface area contributed by atoms with Crippen molar-refractivity contribution >= 4 is 12.0 Å². The fourth-order valence-electron chi connectivity index (χ4n) is 2.05. The maximum atomic E-state index is 14.1. The predicted octanol–water partition coefficient (Wildman–Crippen LogP) is 3.51. The smallest absolute Gasteiger partial charge is 0.422 e. The summed E-state index contributed by atoms with van der Waals surface area (Å²) in [5.41, 5.74) is -5.31. The molecule has 0 radical (unpaired) electrons. The van der Waals surface area contributed by atoms with Gasteiger partial charge in [0.15, 0.2) is 23.3 Å². The van der Waals surface area contributed by atoms with Crippen LogP contribution < -0.4 is 0 Å². The summed E-state index contributed by atoms with van der Waals surface area (Å²) in [4.78, 5) is 11.1. The Balaban J connectivity index is 2.82. The zero-order valence-electron chi connectivity index (χ0n) is 13.0. The third-order valence-electron chi connectivity index (χ3n) is 3.24. The first-order valence-electron chi connectivity index (χ1n) is 6.72. The van der Waals surface area contributed by atoms with Gasteiger partial charge in [0, 0.05) is 6.08 Å². The lowest BCUT2D eigenvalue weighted by molar-refractivity contribution is -0.143. The summed E-state index contributed by atoms with van der Waals surface area (Å²) in [6.45, 7) is 0. The molecule has 0 fully saturated rings. The number of carbonyl (C=O) groups is 1. The van der Waals surface area contributed by atoms with E-state index in [0.29, 0.717) is 6.08 Å². The number of methoxy groups -OCH3 is 1. The maximum absolute atomic E-state index is 14.1. The Bertz CT molecular complexity index is 958. The van der Waals surface area contributed by atoms with Crippen LogP contribution in [0.1, 0.15) is 16.8 Å². The van der Waals surface area contributed by atoms with Crippen LogP contribution in [0.25, 0.3) is 11.8 Å². The number of aromatic nitrogens is 2. The summed E-state index contributed by atoms with van der Waals surface area (Å²) < 4.78 is 98.2. The van der Waals surface area contributed by atoms with Crippen LogP contribution >= 0.6 is 0 Å². The molecule has 0 bridgehead atoms. The number of hydrogen-bond donors (Lipinski definition) is 0. The van der Waals surface area contributed by atoms with Gasteiger partial charge in [-0.2, -0.15) is 23.5 Å². The minimum absolute atomic E-state index is 0.148. The molecule has 0 spiro atoms. The van der Waals surface area contributed by atoms with Crippen molar-refractivity contribution in [1.29, 1.82) is 5.26 Å². The van der Waals surface area contributed by atoms with Crippen molar-refractivity contribution in [3.8, 4) is 11.8 Å². The largest absolute Gasteiger partial charge is 0.466 e. The Hall–Kier alpha value is -3.36. The summed E-state index contributed by atoms with van der Waals surface area (Å²) in [6.07, 6.45) is -3.50. The van der Waals surface area contributed by atoms with Crippen LogP contribution in [0.3, 0.4) is 0 Å². The predicted molar refractivity (Wildman–Crippen MR) is 74.2 cm³/mol. The number of rotatable bonds is 3. The standard InChI is InChI=1S/C15H6F7N3O2/c1-27-8(26)3-2-7-6(4-23)5-24-25(7)14-12(18)10(16)9(15(20,21)22)11(17)13(14)19/h2-3,5H,1H3/b3-2+. The van der Waals surface area contributed by atoms with Gasteiger partial charge in [-0.05, 0) is 6.08 Å². The molecule has 2 aromatic rings. The fraction of sp³-hybridized carbons (Fsp3) is 0.133. The topological polar surface area (TPSA) is 67.9 Å². The average Bonchev–Trinajstić information content (AvgIpc) is 2.99. The van der Waals surface area contributed by atoms with Crippen molar-refractivity contribution < 1.29 is 40.3 Å². The van der Waals surface area contributed by atoms with E-state index < -0.39 is 57.9 Å². The number of benzene rings is 1. The summed E-state index contributed by atoms with van der Waals surface area (Å²) >= 11 is 0. The number of nitriles is 1. The average molecular weight is 393 g/mol. The normalized spacial score (nSPS) is 11.7. The molecule has 0 aliphatic heterocycles. The second-order valence-corrected chi connectivity index (χ2v) is 4.80. The van der Waals surface area contributed by atoms with Gasteiger partial charge < -0.3 is 4.74 Å². The Morgan fingerprint density at radius 3 is 2.19 bits per heavy atom. The molecule has 1 aromatic heterocycles. The molecule has 0 aliphatic rings. The second-order valence-electron chi connectivity index (χ2n) is 4.80. The lowest BCUT2D eigenvalue weighted by Gasteiger charge is -2.14. The molecule has 1 heterocycles. The number of hydrogen-bond acceptors (Lipinski definition) is 4. The molecular formula is C15H6F7N3O2. The second kappa shape index (κ2) is 7.10. The van der Waals surface area contributed by atoms with E-state index in [1.165, 1.54) is 6.07 Å². The van der Waals surface area contributed by atoms with E-state index in [4.69, 9.17) is 5.26 Å². The first kappa shape index (κ1) is 20.0. The van der Waals surface area contributed by atoms with Gasteiger partial charge in [0.2, 0.25) is 0 Å². The molecule has 142 valence electrons. The highest BCUT2D eigenvalue weighted by molar-refractivity contribution is 5.87. The van der Waals surface area contributed by atoms with Gasteiger partial charge in [-0.25, -0.2) is 27.0 Å². The summed E-state index contributed by atoms with van der Waals surface area (Å²) in [5.74, 6) is -11.1. The minimum atomic E-state index is -5.70. The highest BCUT2D eigenvalue weighted by Crippen LogP contribution is 2.38. The van der Waals surface area contributed by atoms with Crippen LogP contribution in [-0.4, -0.2) is 22.9 Å². The van der Waals surface area contributed by atoms with Gasteiger partial charge in [-0.15, -0.1) is 0 Å². The Labute approximate surface area is 145 Å². The van der Waals surface area contributed by atoms with Gasteiger partial charge in [0.05, 0.1) is 24.6 Å². The van der Waals surface area contributed by atoms with Crippen molar-refractivity contribution in [3.05, 3.63) is 52.4 Å². The zero-order valence-corrected chi connectivity index (χ0v) is 13.0. The lowest BCUT2D eigenvalue weighted by atomic mass is 10.1. The quantitative estimate of drug-likeness (QED) is 0.347. The van der Waals surface area contributed by atoms with Crippen molar-refractivity contribution in [3.63, 3.8) is 0 Å². The van der Waals surface area contributed by atoms with Crippen LogP contribution in [-0.2, 0) is 15.7 Å². The van der Waals surface area contributed by atoms with Gasteiger partial charge >= 0.3 is 12.1 Å². The molecule has 5 nitrogen and oxygen atoms in total. The number of esters is 1. The molecule has 0 unspecified atom stereocenters. The summed E-state index contributed by atoms with van der Waals surface area (Å²) in [5, 5.41) is 12.3. The van der Waals surface area contributed by atoms with E-state index in [9.17, 15) is 35.5 Å². The molecule has 0 amide bonds. The highest BCUT2D eigenvalue weighted by Gasteiger charge is 2.43. The van der Waals surface area contributed by atoms with Crippen molar-refractivity contribution in [2.75, 3.05) is 7.11 Å². The molecule has 12 heteroatoms. The third-order valence-corrected chi connectivity index (χ3v) is 3.24. The summed E-state index contributed by atoms with van der Waals surface area (Å²) in [6, 6.07) is 1.53. The van der Waals surface area contributed by atoms with E-state index >= 15 is 0 Å². The highest BCUT2D eigenvalue weighted by atomic mass is 19.4. The first-order valence-corrected chi connectivity index (χ1v) is 6.72. The fourth-order valence-corrected chi connectivity index (χ4v) is 2.05. The molecule has 2 rings (SSSR count). The van der Waals surface area contributed by atoms with Crippen molar-refractivity contribution in [1.82, 2.24) is 9.78 Å². The van der Waals surface area contributed by atoms with Crippen LogP contribution in [0.2, 0.25) is 0 Å². The molecule has 0 aliphatic carbocycles. The van der Waals surface area contributed by atoms with E-state index in [2.05, 4.69) is 9.84 Å². The maximum Gasteiger partial charge on any atom is 0.422 e. The first-order chi connectivity index (χ1) is 12.5. The van der Waals surface area contributed by atoms with E-state index in [1.807, 2.05) is 0 Å². The van der Waals surface area contributed by atoms with Gasteiger partial charge in [-0.3, -0.25) is 0 Å². The van der Waals surface area contributed by atoms with Crippen molar-refractivity contribution in [2.45, 2.75) is 6.18 Å². The molecule has 0 saturated heterocycles. The number of halogens is 7. The summed E-state index contributed by atoms with van der Waals surface area (Å²) in [7, 11) is 0.995. The molecule has 1 aromatic carbocycles. The van der Waals surface area contributed by atoms with Gasteiger partial charge in [0.1, 0.15) is 17.3 Å². The minimum Gasteiger partial charge on any atom is -0.466 e. The van der Waals surface area contributed by atoms with Crippen LogP contribution in [0.5, 0.6) is 0 Å². The number of nitrogens with zero attached hydrogens (tertiary/aromatic N) is 3. The van der Waals surface area contributed by atoms with Crippen LogP contribution in [0.4, 0.5) is 30.7 Å².